The van der Waals surface area contributed by atoms with Crippen LogP contribution in [0.15, 0.2) is 48.5 Å². The fourth-order valence-electron chi connectivity index (χ4n) is 3.99. The highest BCUT2D eigenvalue weighted by Crippen LogP contribution is 2.45. The third kappa shape index (κ3) is 3.22. The number of fused-ring (bicyclic) bond motifs is 2. The third-order valence-corrected chi connectivity index (χ3v) is 5.69. The average molecular weight is 424 g/mol. The summed E-state index contributed by atoms with van der Waals surface area (Å²) in [5.41, 5.74) is 18.5. The van der Waals surface area contributed by atoms with Crippen LogP contribution in [0.2, 0.25) is 0 Å². The first kappa shape index (κ1) is 19.6. The molecule has 0 bridgehead atoms. The van der Waals surface area contributed by atoms with Crippen molar-refractivity contribution >= 4 is 46.6 Å². The number of nitrogens with two attached hydrogens (primary N) is 2. The Morgan fingerprint density at radius 2 is 1.06 bits per heavy atom. The van der Waals surface area contributed by atoms with Crippen LogP contribution in [0.25, 0.3) is 23.3 Å². The maximum atomic E-state index is 12.6. The fourth-order valence-corrected chi connectivity index (χ4v) is 3.99. The molecule has 0 unspecified atom stereocenters. The van der Waals surface area contributed by atoms with Gasteiger partial charge in [0.1, 0.15) is 11.5 Å². The molecule has 0 saturated carbocycles. The molecule has 5 rings (SSSR count). The first-order valence-corrected chi connectivity index (χ1v) is 10.1. The zero-order valence-electron chi connectivity index (χ0n) is 17.6. The van der Waals surface area contributed by atoms with Gasteiger partial charge >= 0.3 is 11.9 Å². The van der Waals surface area contributed by atoms with Gasteiger partial charge in [-0.1, -0.05) is 12.1 Å². The van der Waals surface area contributed by atoms with Crippen LogP contribution < -0.4 is 20.9 Å². The fraction of sp³-hybridized carbons (Fsp3) is 0.0769. The Morgan fingerprint density at radius 3 is 1.44 bits per heavy atom. The van der Waals surface area contributed by atoms with Crippen LogP contribution in [0.1, 0.15) is 33.4 Å². The average Bonchev–Trinajstić information content (AvgIpc) is 3.19. The van der Waals surface area contributed by atoms with E-state index in [4.69, 9.17) is 20.9 Å². The molecule has 2 aliphatic heterocycles. The molecule has 0 fully saturated rings. The van der Waals surface area contributed by atoms with Crippen molar-refractivity contribution in [2.24, 2.45) is 0 Å². The summed E-state index contributed by atoms with van der Waals surface area (Å²) in [6.45, 7) is 3.84. The Labute approximate surface area is 184 Å². The molecule has 6 nitrogen and oxygen atoms in total. The highest BCUT2D eigenvalue weighted by atomic mass is 16.5. The van der Waals surface area contributed by atoms with E-state index in [2.05, 4.69) is 0 Å². The minimum absolute atomic E-state index is 0.395. The van der Waals surface area contributed by atoms with Crippen LogP contribution >= 0.6 is 0 Å². The van der Waals surface area contributed by atoms with Gasteiger partial charge in [0.15, 0.2) is 0 Å². The van der Waals surface area contributed by atoms with E-state index >= 15 is 0 Å². The smallest absolute Gasteiger partial charge is 0.344 e. The van der Waals surface area contributed by atoms with Crippen molar-refractivity contribution < 1.29 is 19.1 Å². The van der Waals surface area contributed by atoms with Gasteiger partial charge in [-0.2, -0.15) is 0 Å². The number of hydrogen-bond acceptors (Lipinski definition) is 6. The van der Waals surface area contributed by atoms with E-state index in [-0.39, 0.29) is 0 Å². The van der Waals surface area contributed by atoms with Gasteiger partial charge in [-0.05, 0) is 84.7 Å². The highest BCUT2D eigenvalue weighted by molar-refractivity contribution is 6.29. The number of anilines is 2. The molecular formula is C26H20N2O4. The molecule has 0 aromatic heterocycles. The second-order valence-corrected chi connectivity index (χ2v) is 7.97. The SMILES string of the molecule is Cc1cc(N)ccc1/C=C1\C(=O)Oc2cc3c(cc21)OC(=O)/C3=C\c1ccc(N)cc1C. The monoisotopic (exact) mass is 424 g/mol. The number of hydrogen-bond donors (Lipinski definition) is 2. The van der Waals surface area contributed by atoms with Gasteiger partial charge < -0.3 is 20.9 Å². The molecular weight excluding hydrogens is 404 g/mol. The van der Waals surface area contributed by atoms with Crippen molar-refractivity contribution in [3.8, 4) is 11.5 Å². The minimum Gasteiger partial charge on any atom is -0.422 e. The number of rotatable bonds is 2. The molecule has 0 spiro atoms. The highest BCUT2D eigenvalue weighted by Gasteiger charge is 2.34. The molecule has 2 aliphatic rings. The number of carbonyl (C=O) groups excluding carboxylic acids is 2. The summed E-state index contributed by atoms with van der Waals surface area (Å²) in [6.07, 6.45) is 3.53. The second-order valence-electron chi connectivity index (χ2n) is 7.97. The molecule has 0 saturated heterocycles. The van der Waals surface area contributed by atoms with E-state index in [1.807, 2.05) is 38.1 Å². The molecule has 0 amide bonds. The second kappa shape index (κ2) is 7.13. The van der Waals surface area contributed by atoms with Gasteiger partial charge in [0.2, 0.25) is 0 Å². The maximum Gasteiger partial charge on any atom is 0.344 e. The van der Waals surface area contributed by atoms with Gasteiger partial charge in [0.05, 0.1) is 11.1 Å². The Bertz CT molecular complexity index is 1290. The third-order valence-electron chi connectivity index (χ3n) is 5.69. The Balaban J connectivity index is 1.59. The minimum atomic E-state index is -0.453. The topological polar surface area (TPSA) is 105 Å². The van der Waals surface area contributed by atoms with E-state index in [0.717, 1.165) is 22.3 Å². The molecule has 3 aromatic rings. The Kier molecular flexibility index (Phi) is 4.37. The van der Waals surface area contributed by atoms with Crippen LogP contribution in [0.5, 0.6) is 11.5 Å². The summed E-state index contributed by atoms with van der Waals surface area (Å²) in [4.78, 5) is 25.2. The normalized spacial score (nSPS) is 16.8. The van der Waals surface area contributed by atoms with E-state index in [9.17, 15) is 9.59 Å². The number of esters is 2. The summed E-state index contributed by atoms with van der Waals surface area (Å²) < 4.78 is 11.0. The predicted molar refractivity (Wildman–Crippen MR) is 125 cm³/mol. The summed E-state index contributed by atoms with van der Waals surface area (Å²) in [5, 5.41) is 0. The van der Waals surface area contributed by atoms with Gasteiger partial charge in [-0.25, -0.2) is 9.59 Å². The lowest BCUT2D eigenvalue weighted by molar-refractivity contribution is -0.127. The molecule has 32 heavy (non-hydrogen) atoms. The molecule has 4 N–H and O–H groups in total. The van der Waals surface area contributed by atoms with Crippen molar-refractivity contribution in [3.63, 3.8) is 0 Å². The van der Waals surface area contributed by atoms with Crippen molar-refractivity contribution in [3.05, 3.63) is 81.9 Å². The van der Waals surface area contributed by atoms with Gasteiger partial charge in [0.25, 0.3) is 0 Å². The van der Waals surface area contributed by atoms with E-state index in [1.165, 1.54) is 0 Å². The summed E-state index contributed by atoms with van der Waals surface area (Å²) in [6, 6.07) is 14.3. The van der Waals surface area contributed by atoms with Crippen LogP contribution in [0.4, 0.5) is 11.4 Å². The zero-order chi connectivity index (χ0) is 22.6. The lowest BCUT2D eigenvalue weighted by Gasteiger charge is -2.04. The van der Waals surface area contributed by atoms with Crippen LogP contribution in [0.3, 0.4) is 0 Å². The molecule has 0 aliphatic carbocycles. The standard InChI is InChI=1S/C26H20N2O4/c1-13-7-17(27)5-3-15(13)9-21-19-11-24-20(12-23(19)31-25(21)29)22(26(30)32-24)10-16-4-6-18(28)8-14(16)2/h3-12H,27-28H2,1-2H3/b21-9-,22-10-. The van der Waals surface area contributed by atoms with E-state index in [0.29, 0.717) is 45.1 Å². The molecule has 2 heterocycles. The van der Waals surface area contributed by atoms with Crippen LogP contribution in [-0.2, 0) is 9.59 Å². The van der Waals surface area contributed by atoms with Gasteiger partial charge in [0, 0.05) is 22.5 Å². The van der Waals surface area contributed by atoms with Crippen molar-refractivity contribution in [1.29, 1.82) is 0 Å². The van der Waals surface area contributed by atoms with E-state index in [1.54, 1.807) is 36.4 Å². The van der Waals surface area contributed by atoms with Crippen molar-refractivity contribution in [2.45, 2.75) is 13.8 Å². The number of carbonyl (C=O) groups is 2. The molecule has 158 valence electrons. The summed E-state index contributed by atoms with van der Waals surface area (Å²) >= 11 is 0. The zero-order valence-corrected chi connectivity index (χ0v) is 17.6. The Hall–Kier alpha value is -4.32. The summed E-state index contributed by atoms with van der Waals surface area (Å²) in [5.74, 6) is -0.116. The van der Waals surface area contributed by atoms with Crippen molar-refractivity contribution in [1.82, 2.24) is 0 Å². The lowest BCUT2D eigenvalue weighted by atomic mass is 9.97. The largest absolute Gasteiger partial charge is 0.422 e. The van der Waals surface area contributed by atoms with Crippen LogP contribution in [-0.4, -0.2) is 11.9 Å². The molecule has 0 atom stereocenters. The lowest BCUT2D eigenvalue weighted by Crippen LogP contribution is -2.02. The van der Waals surface area contributed by atoms with Crippen LogP contribution in [0, 0.1) is 13.8 Å². The number of aryl methyl sites for hydroxylation is 2. The number of nitrogen functional groups attached to an aromatic ring is 2. The Morgan fingerprint density at radius 1 is 0.656 bits per heavy atom. The number of benzene rings is 3. The van der Waals surface area contributed by atoms with Crippen molar-refractivity contribution in [2.75, 3.05) is 11.5 Å². The van der Waals surface area contributed by atoms with Gasteiger partial charge in [-0.15, -0.1) is 0 Å². The molecule has 6 heteroatoms. The molecule has 3 aromatic carbocycles. The predicted octanol–water partition coefficient (Wildman–Crippen LogP) is 4.39. The summed E-state index contributed by atoms with van der Waals surface area (Å²) in [7, 11) is 0. The van der Waals surface area contributed by atoms with E-state index < -0.39 is 11.9 Å². The maximum absolute atomic E-state index is 12.6. The first-order valence-electron chi connectivity index (χ1n) is 10.1. The molecule has 0 radical (unpaired) electrons. The quantitative estimate of drug-likeness (QED) is 0.274. The number of ether oxygens (including phenoxy) is 2. The first-order chi connectivity index (χ1) is 15.3. The van der Waals surface area contributed by atoms with Gasteiger partial charge in [-0.3, -0.25) is 0 Å².